The van der Waals surface area contributed by atoms with Crippen LogP contribution < -0.4 is 16.0 Å². The summed E-state index contributed by atoms with van der Waals surface area (Å²) in [6.07, 6.45) is 3.21. The molecule has 2 rings (SSSR count). The Morgan fingerprint density at radius 3 is 2.42 bits per heavy atom. The molecule has 5 nitrogen and oxygen atoms in total. The third kappa shape index (κ3) is 2.93. The number of anilines is 1. The topological polar surface area (TPSA) is 70.1 Å². The molecule has 1 aromatic carbocycles. The van der Waals surface area contributed by atoms with E-state index in [1.54, 1.807) is 41.2 Å². The van der Waals surface area contributed by atoms with Crippen LogP contribution in [0.15, 0.2) is 41.5 Å². The number of nitrogens with zero attached hydrogens (tertiary/aromatic N) is 2. The summed E-state index contributed by atoms with van der Waals surface area (Å²) in [5.41, 5.74) is 5.66. The highest BCUT2D eigenvalue weighted by Crippen LogP contribution is 2.19. The molecule has 19 heavy (non-hydrogen) atoms. The van der Waals surface area contributed by atoms with E-state index in [4.69, 9.17) is 10.5 Å². The molecule has 0 atom stereocenters. The van der Waals surface area contributed by atoms with E-state index in [9.17, 15) is 4.79 Å². The first-order valence-corrected chi connectivity index (χ1v) is 5.99. The number of nitrogen functional groups attached to an aromatic ring is 1. The predicted molar refractivity (Wildman–Crippen MR) is 74.4 cm³/mol. The van der Waals surface area contributed by atoms with Crippen LogP contribution in [0.5, 0.6) is 11.6 Å². The van der Waals surface area contributed by atoms with E-state index in [0.29, 0.717) is 11.4 Å². The maximum Gasteiger partial charge on any atom is 0.314 e. The second-order valence-corrected chi connectivity index (χ2v) is 5.25. The number of rotatable bonds is 2. The van der Waals surface area contributed by atoms with Gasteiger partial charge in [0.15, 0.2) is 0 Å². The third-order valence-electron chi connectivity index (χ3n) is 2.63. The predicted octanol–water partition coefficient (Wildman–Crippen LogP) is 2.37. The summed E-state index contributed by atoms with van der Waals surface area (Å²) in [6.45, 7) is 5.84. The van der Waals surface area contributed by atoms with Crippen molar-refractivity contribution in [3.8, 4) is 11.6 Å². The van der Waals surface area contributed by atoms with Gasteiger partial charge in [-0.15, -0.1) is 0 Å². The fraction of sp³-hybridized carbons (Fsp3) is 0.286. The van der Waals surface area contributed by atoms with Crippen molar-refractivity contribution >= 4 is 5.69 Å². The van der Waals surface area contributed by atoms with Crippen LogP contribution in [0.2, 0.25) is 0 Å². The van der Waals surface area contributed by atoms with Crippen LogP contribution in [0, 0.1) is 0 Å². The van der Waals surface area contributed by atoms with Gasteiger partial charge in [0, 0.05) is 23.6 Å². The van der Waals surface area contributed by atoms with E-state index in [1.165, 1.54) is 0 Å². The minimum absolute atomic E-state index is 0.0576. The van der Waals surface area contributed by atoms with E-state index in [-0.39, 0.29) is 17.0 Å². The molecule has 0 aliphatic carbocycles. The van der Waals surface area contributed by atoms with E-state index >= 15 is 0 Å². The number of nitrogens with two attached hydrogens (primary N) is 1. The van der Waals surface area contributed by atoms with Crippen LogP contribution in [-0.4, -0.2) is 9.55 Å². The largest absolute Gasteiger partial charge is 0.435 e. The maximum absolute atomic E-state index is 12.2. The van der Waals surface area contributed by atoms with Crippen LogP contribution in [0.1, 0.15) is 20.8 Å². The Balaban J connectivity index is 2.37. The summed E-state index contributed by atoms with van der Waals surface area (Å²) < 4.78 is 7.09. The van der Waals surface area contributed by atoms with Crippen LogP contribution in [0.4, 0.5) is 5.69 Å². The van der Waals surface area contributed by atoms with Gasteiger partial charge in [0.1, 0.15) is 5.75 Å². The van der Waals surface area contributed by atoms with E-state index < -0.39 is 0 Å². The molecule has 5 heteroatoms. The van der Waals surface area contributed by atoms with Crippen LogP contribution in [-0.2, 0) is 5.54 Å². The number of aromatic nitrogens is 2. The second-order valence-electron chi connectivity index (χ2n) is 5.25. The van der Waals surface area contributed by atoms with E-state index in [1.807, 2.05) is 20.8 Å². The monoisotopic (exact) mass is 259 g/mol. The molecule has 0 unspecified atom stereocenters. The van der Waals surface area contributed by atoms with Crippen molar-refractivity contribution in [1.82, 2.24) is 9.55 Å². The summed E-state index contributed by atoms with van der Waals surface area (Å²) in [5.74, 6) is 0.590. The summed E-state index contributed by atoms with van der Waals surface area (Å²) in [7, 11) is 0. The molecule has 0 aliphatic heterocycles. The highest BCUT2D eigenvalue weighted by atomic mass is 16.5. The van der Waals surface area contributed by atoms with Gasteiger partial charge in [-0.25, -0.2) is 4.98 Å². The Labute approximate surface area is 111 Å². The normalized spacial score (nSPS) is 11.3. The second kappa shape index (κ2) is 4.76. The quantitative estimate of drug-likeness (QED) is 0.840. The van der Waals surface area contributed by atoms with Gasteiger partial charge >= 0.3 is 5.56 Å². The van der Waals surface area contributed by atoms with Crippen molar-refractivity contribution in [3.05, 3.63) is 47.0 Å². The average Bonchev–Trinajstić information content (AvgIpc) is 2.33. The molecule has 1 aromatic heterocycles. The Bertz CT molecular complexity index is 624. The highest BCUT2D eigenvalue weighted by molar-refractivity contribution is 5.42. The molecule has 100 valence electrons. The number of benzene rings is 1. The number of hydrogen-bond acceptors (Lipinski definition) is 4. The molecule has 0 saturated heterocycles. The molecule has 0 amide bonds. The van der Waals surface area contributed by atoms with Gasteiger partial charge < -0.3 is 15.0 Å². The van der Waals surface area contributed by atoms with Crippen molar-refractivity contribution in [3.63, 3.8) is 0 Å². The zero-order valence-corrected chi connectivity index (χ0v) is 11.3. The Morgan fingerprint density at radius 2 is 1.84 bits per heavy atom. The van der Waals surface area contributed by atoms with Crippen LogP contribution in [0.25, 0.3) is 0 Å². The minimum atomic E-state index is -0.320. The van der Waals surface area contributed by atoms with Gasteiger partial charge in [-0.3, -0.25) is 4.79 Å². The van der Waals surface area contributed by atoms with E-state index in [2.05, 4.69) is 4.98 Å². The first-order valence-electron chi connectivity index (χ1n) is 5.99. The molecule has 0 spiro atoms. The molecule has 0 aliphatic rings. The Kier molecular flexibility index (Phi) is 3.29. The van der Waals surface area contributed by atoms with Crippen molar-refractivity contribution in [2.45, 2.75) is 26.3 Å². The number of hydrogen-bond donors (Lipinski definition) is 1. The first-order chi connectivity index (χ1) is 8.88. The highest BCUT2D eigenvalue weighted by Gasteiger charge is 2.17. The third-order valence-corrected chi connectivity index (χ3v) is 2.63. The summed E-state index contributed by atoms with van der Waals surface area (Å²) in [4.78, 5) is 16.2. The molecule has 0 saturated carbocycles. The number of ether oxygens (including phenoxy) is 1. The molecule has 1 heterocycles. The lowest BCUT2D eigenvalue weighted by Crippen LogP contribution is -2.34. The van der Waals surface area contributed by atoms with Gasteiger partial charge in [0.25, 0.3) is 5.88 Å². The first kappa shape index (κ1) is 13.1. The molecular formula is C14H17N3O2. The fourth-order valence-corrected chi connectivity index (χ4v) is 1.64. The van der Waals surface area contributed by atoms with Crippen molar-refractivity contribution in [2.75, 3.05) is 5.73 Å². The van der Waals surface area contributed by atoms with E-state index in [0.717, 1.165) is 0 Å². The van der Waals surface area contributed by atoms with Crippen molar-refractivity contribution in [2.24, 2.45) is 0 Å². The molecule has 2 N–H and O–H groups in total. The van der Waals surface area contributed by atoms with Gasteiger partial charge in [-0.2, -0.15) is 0 Å². The average molecular weight is 259 g/mol. The minimum Gasteiger partial charge on any atom is -0.435 e. The standard InChI is InChI=1S/C14H17N3O2/c1-14(2,3)17-9-8-16-12(13(17)18)19-11-6-4-10(15)5-7-11/h4-9H,15H2,1-3H3. The van der Waals surface area contributed by atoms with Gasteiger partial charge in [0.2, 0.25) is 0 Å². The van der Waals surface area contributed by atoms with Crippen molar-refractivity contribution < 1.29 is 4.74 Å². The molecule has 0 bridgehead atoms. The van der Waals surface area contributed by atoms with Gasteiger partial charge in [-0.1, -0.05) is 0 Å². The molecule has 0 radical (unpaired) electrons. The lowest BCUT2D eigenvalue weighted by Gasteiger charge is -2.22. The van der Waals surface area contributed by atoms with Crippen LogP contribution in [0.3, 0.4) is 0 Å². The molecular weight excluding hydrogens is 242 g/mol. The lowest BCUT2D eigenvalue weighted by molar-refractivity contribution is 0.363. The zero-order chi connectivity index (χ0) is 14.0. The fourth-order valence-electron chi connectivity index (χ4n) is 1.64. The van der Waals surface area contributed by atoms with Crippen LogP contribution >= 0.6 is 0 Å². The van der Waals surface area contributed by atoms with Crippen molar-refractivity contribution in [1.29, 1.82) is 0 Å². The van der Waals surface area contributed by atoms with Gasteiger partial charge in [-0.05, 0) is 45.0 Å². The lowest BCUT2D eigenvalue weighted by atomic mass is 10.1. The SMILES string of the molecule is CC(C)(C)n1ccnc(Oc2ccc(N)cc2)c1=O. The summed E-state index contributed by atoms with van der Waals surface area (Å²) in [6, 6.07) is 6.82. The maximum atomic E-state index is 12.2. The molecule has 2 aromatic rings. The Hall–Kier alpha value is -2.30. The molecule has 0 fully saturated rings. The summed E-state index contributed by atoms with van der Waals surface area (Å²) in [5, 5.41) is 0. The summed E-state index contributed by atoms with van der Waals surface area (Å²) >= 11 is 0. The van der Waals surface area contributed by atoms with Gasteiger partial charge in [0.05, 0.1) is 0 Å². The smallest absolute Gasteiger partial charge is 0.314 e. The Morgan fingerprint density at radius 1 is 1.21 bits per heavy atom. The zero-order valence-electron chi connectivity index (χ0n) is 11.3.